The van der Waals surface area contributed by atoms with E-state index in [0.29, 0.717) is 31.5 Å². The van der Waals surface area contributed by atoms with E-state index >= 15 is 0 Å². The fraction of sp³-hybridized carbons (Fsp3) is 0.667. The van der Waals surface area contributed by atoms with Gasteiger partial charge in [0.1, 0.15) is 6.07 Å². The lowest BCUT2D eigenvalue weighted by Crippen LogP contribution is -2.45. The largest absolute Gasteiger partial charge is 0.477 e. The van der Waals surface area contributed by atoms with Crippen molar-refractivity contribution in [3.63, 3.8) is 0 Å². The molecule has 1 aromatic heterocycles. The Morgan fingerprint density at radius 3 is 2.44 bits per heavy atom. The Hall–Kier alpha value is -2.12. The lowest BCUT2D eigenvalue weighted by Gasteiger charge is -2.31. The zero-order chi connectivity index (χ0) is 17.9. The van der Waals surface area contributed by atoms with E-state index in [1.165, 1.54) is 0 Å². The Morgan fingerprint density at radius 2 is 1.84 bits per heavy atom. The fourth-order valence-corrected chi connectivity index (χ4v) is 4.12. The monoisotopic (exact) mass is 366 g/mol. The summed E-state index contributed by atoms with van der Waals surface area (Å²) in [7, 11) is -3.01. The lowest BCUT2D eigenvalue weighted by atomic mass is 10.2. The Bertz CT molecular complexity index is 756. The summed E-state index contributed by atoms with van der Waals surface area (Å²) in [6.07, 6.45) is 0. The number of anilines is 2. The first-order chi connectivity index (χ1) is 12.0. The fourth-order valence-electron chi connectivity index (χ4n) is 2.92. The van der Waals surface area contributed by atoms with Gasteiger partial charge in [0.25, 0.3) is 0 Å². The maximum absolute atomic E-state index is 11.7. The van der Waals surface area contributed by atoms with Crippen LogP contribution >= 0.6 is 0 Å². The molecule has 0 spiro atoms. The van der Waals surface area contributed by atoms with E-state index in [2.05, 4.69) is 21.4 Å². The van der Waals surface area contributed by atoms with Gasteiger partial charge in [-0.25, -0.2) is 8.42 Å². The topological polar surface area (TPSA) is 111 Å². The zero-order valence-electron chi connectivity index (χ0n) is 14.2. The van der Waals surface area contributed by atoms with Crippen LogP contribution in [0.3, 0.4) is 0 Å². The van der Waals surface area contributed by atoms with Gasteiger partial charge in [-0.1, -0.05) is 0 Å². The summed E-state index contributed by atoms with van der Waals surface area (Å²) < 4.78 is 29.0. The number of nitriles is 1. The number of sulfone groups is 1. The number of nitrogens with one attached hydrogen (secondary N) is 1. The highest BCUT2D eigenvalue weighted by Gasteiger charge is 2.28. The molecule has 2 aliphatic heterocycles. The molecular formula is C15H22N6O3S. The van der Waals surface area contributed by atoms with E-state index in [1.54, 1.807) is 0 Å². The lowest BCUT2D eigenvalue weighted by molar-refractivity contribution is 0.325. The van der Waals surface area contributed by atoms with E-state index in [1.807, 2.05) is 16.7 Å². The number of nitrogens with zero attached hydrogens (tertiary/aromatic N) is 5. The SMILES string of the molecule is CCOc1nc(N2CCNCC2)nc(N2CCS(=O)(=O)CC2)c1C#N. The molecule has 0 aromatic carbocycles. The average Bonchev–Trinajstić information content (AvgIpc) is 2.62. The minimum atomic E-state index is -3.01. The van der Waals surface area contributed by atoms with Gasteiger partial charge in [-0.2, -0.15) is 15.2 Å². The molecule has 0 unspecified atom stereocenters. The standard InChI is InChI=1S/C15H22N6O3S/c1-2-24-14-12(11-16)13(20-7-9-25(22,23)10-8-20)18-15(19-14)21-5-3-17-4-6-21/h17H,2-10H2,1H3. The van der Waals surface area contributed by atoms with Gasteiger partial charge in [0.15, 0.2) is 21.2 Å². The molecule has 2 fully saturated rings. The summed E-state index contributed by atoms with van der Waals surface area (Å²) in [5.74, 6) is 1.37. The molecule has 0 bridgehead atoms. The van der Waals surface area contributed by atoms with Crippen LogP contribution in [0.1, 0.15) is 12.5 Å². The third-order valence-corrected chi connectivity index (χ3v) is 5.89. The first-order valence-corrected chi connectivity index (χ1v) is 10.2. The second-order valence-corrected chi connectivity index (χ2v) is 8.25. The van der Waals surface area contributed by atoms with Crippen molar-refractivity contribution in [2.75, 3.05) is 67.2 Å². The molecule has 25 heavy (non-hydrogen) atoms. The molecule has 3 rings (SSSR count). The second-order valence-electron chi connectivity index (χ2n) is 5.95. The van der Waals surface area contributed by atoms with Crippen LogP contribution in [0.5, 0.6) is 5.88 Å². The molecular weight excluding hydrogens is 344 g/mol. The van der Waals surface area contributed by atoms with Gasteiger partial charge in [0, 0.05) is 39.3 Å². The minimum absolute atomic E-state index is 0.0643. The van der Waals surface area contributed by atoms with Crippen LogP contribution < -0.4 is 19.9 Å². The van der Waals surface area contributed by atoms with Crippen LogP contribution in [0.4, 0.5) is 11.8 Å². The third kappa shape index (κ3) is 3.93. The highest BCUT2D eigenvalue weighted by atomic mass is 32.2. The molecule has 0 amide bonds. The summed E-state index contributed by atoms with van der Waals surface area (Å²) in [6, 6.07) is 2.13. The molecule has 0 aliphatic carbocycles. The highest BCUT2D eigenvalue weighted by molar-refractivity contribution is 7.91. The quantitative estimate of drug-likeness (QED) is 0.746. The summed E-state index contributed by atoms with van der Waals surface area (Å²) >= 11 is 0. The van der Waals surface area contributed by atoms with E-state index in [-0.39, 0.29) is 22.9 Å². The van der Waals surface area contributed by atoms with Gasteiger partial charge in [-0.05, 0) is 6.92 Å². The number of rotatable bonds is 4. The van der Waals surface area contributed by atoms with Crippen molar-refractivity contribution in [2.45, 2.75) is 6.92 Å². The van der Waals surface area contributed by atoms with Crippen molar-refractivity contribution >= 4 is 21.6 Å². The molecule has 1 aromatic rings. The van der Waals surface area contributed by atoms with Gasteiger partial charge < -0.3 is 19.9 Å². The van der Waals surface area contributed by atoms with E-state index in [9.17, 15) is 13.7 Å². The molecule has 9 nitrogen and oxygen atoms in total. The Kier molecular flexibility index (Phi) is 5.24. The van der Waals surface area contributed by atoms with Crippen LogP contribution in [-0.4, -0.2) is 75.8 Å². The van der Waals surface area contributed by atoms with Gasteiger partial charge in [0.05, 0.1) is 18.1 Å². The molecule has 3 heterocycles. The van der Waals surface area contributed by atoms with E-state index in [4.69, 9.17) is 4.74 Å². The molecule has 0 atom stereocenters. The van der Waals surface area contributed by atoms with Crippen LogP contribution in [0.25, 0.3) is 0 Å². The summed E-state index contributed by atoms with van der Waals surface area (Å²) in [4.78, 5) is 12.9. The molecule has 0 radical (unpaired) electrons. The normalized spacial score (nSPS) is 20.2. The zero-order valence-corrected chi connectivity index (χ0v) is 15.0. The second kappa shape index (κ2) is 7.41. The molecule has 2 aliphatic rings. The van der Waals surface area contributed by atoms with Crippen molar-refractivity contribution in [2.24, 2.45) is 0 Å². The number of hydrogen-bond donors (Lipinski definition) is 1. The molecule has 10 heteroatoms. The smallest absolute Gasteiger partial charge is 0.238 e. The van der Waals surface area contributed by atoms with E-state index < -0.39 is 9.84 Å². The predicted octanol–water partition coefficient (Wildman–Crippen LogP) is -0.609. The van der Waals surface area contributed by atoms with Crippen LogP contribution in [0, 0.1) is 11.3 Å². The summed E-state index contributed by atoms with van der Waals surface area (Å²) in [5, 5.41) is 12.9. The third-order valence-electron chi connectivity index (χ3n) is 4.28. The summed E-state index contributed by atoms with van der Waals surface area (Å²) in [5.41, 5.74) is 0.264. The Morgan fingerprint density at radius 1 is 1.16 bits per heavy atom. The van der Waals surface area contributed by atoms with Gasteiger partial charge in [-0.15, -0.1) is 0 Å². The number of piperazine rings is 1. The van der Waals surface area contributed by atoms with Crippen LogP contribution in [-0.2, 0) is 9.84 Å². The Balaban J connectivity index is 1.99. The summed E-state index contributed by atoms with van der Waals surface area (Å²) in [6.45, 7) is 6.08. The highest BCUT2D eigenvalue weighted by Crippen LogP contribution is 2.29. The van der Waals surface area contributed by atoms with Gasteiger partial charge in [-0.3, -0.25) is 0 Å². The van der Waals surface area contributed by atoms with Crippen molar-refractivity contribution < 1.29 is 13.2 Å². The van der Waals surface area contributed by atoms with Crippen LogP contribution in [0.2, 0.25) is 0 Å². The van der Waals surface area contributed by atoms with Crippen molar-refractivity contribution in [3.8, 4) is 11.9 Å². The molecule has 136 valence electrons. The van der Waals surface area contributed by atoms with Gasteiger partial charge in [0.2, 0.25) is 11.8 Å². The van der Waals surface area contributed by atoms with Crippen molar-refractivity contribution in [1.82, 2.24) is 15.3 Å². The maximum atomic E-state index is 11.7. The molecule has 0 saturated carbocycles. The first kappa shape index (κ1) is 17.7. The predicted molar refractivity (Wildman–Crippen MR) is 93.9 cm³/mol. The molecule has 1 N–H and O–H groups in total. The minimum Gasteiger partial charge on any atom is -0.477 e. The van der Waals surface area contributed by atoms with Gasteiger partial charge >= 0.3 is 0 Å². The van der Waals surface area contributed by atoms with E-state index in [0.717, 1.165) is 26.2 Å². The molecule has 2 saturated heterocycles. The number of ether oxygens (including phenoxy) is 1. The number of aromatic nitrogens is 2. The van der Waals surface area contributed by atoms with Crippen LogP contribution in [0.15, 0.2) is 0 Å². The number of hydrogen-bond acceptors (Lipinski definition) is 9. The van der Waals surface area contributed by atoms with Crippen molar-refractivity contribution in [1.29, 1.82) is 5.26 Å². The average molecular weight is 366 g/mol. The first-order valence-electron chi connectivity index (χ1n) is 8.40. The van der Waals surface area contributed by atoms with Crippen molar-refractivity contribution in [3.05, 3.63) is 5.56 Å². The maximum Gasteiger partial charge on any atom is 0.238 e. The Labute approximate surface area is 147 Å².